The molecule has 0 unspecified atom stereocenters. The molecule has 0 radical (unpaired) electrons. The van der Waals surface area contributed by atoms with Crippen LogP contribution in [0.25, 0.3) is 0 Å². The molecule has 2 heterocycles. The lowest BCUT2D eigenvalue weighted by molar-refractivity contribution is -0.141. The van der Waals surface area contributed by atoms with Gasteiger partial charge in [-0.2, -0.15) is 0 Å². The van der Waals surface area contributed by atoms with Crippen LogP contribution in [-0.2, 0) is 23.8 Å². The molecule has 0 aromatic heterocycles. The number of carbonyl (C=O) groups excluding carboxylic acids is 1. The van der Waals surface area contributed by atoms with Crippen LogP contribution in [0.3, 0.4) is 0 Å². The van der Waals surface area contributed by atoms with Crippen LogP contribution < -0.4 is 0 Å². The van der Waals surface area contributed by atoms with Gasteiger partial charge >= 0.3 is 0 Å². The number of amides is 1. The second-order valence-corrected chi connectivity index (χ2v) is 17.3. The van der Waals surface area contributed by atoms with E-state index >= 15 is 0 Å². The number of benzene rings is 1. The minimum Gasteiger partial charge on any atom is -0.417 e. The average molecular weight is 454 g/mol. The van der Waals surface area contributed by atoms with Gasteiger partial charge in [-0.15, -0.1) is 0 Å². The van der Waals surface area contributed by atoms with Crippen LogP contribution in [0.5, 0.6) is 0 Å². The maximum Gasteiger partial charge on any atom is 0.244 e. The number of carbonyl (C=O) groups is 1. The van der Waals surface area contributed by atoms with Crippen molar-refractivity contribution in [1.29, 1.82) is 0 Å². The number of ether oxygens (including phenoxy) is 1. The van der Waals surface area contributed by atoms with E-state index in [0.717, 1.165) is 0 Å². The fourth-order valence-electron chi connectivity index (χ4n) is 4.23. The highest BCUT2D eigenvalue weighted by Crippen LogP contribution is 2.44. The normalized spacial score (nSPS) is 26.8. The van der Waals surface area contributed by atoms with Crippen molar-refractivity contribution in [2.24, 2.45) is 5.92 Å². The third kappa shape index (κ3) is 3.99. The Morgan fingerprint density at radius 1 is 1.20 bits per heavy atom. The molecule has 2 saturated heterocycles. The van der Waals surface area contributed by atoms with Crippen molar-refractivity contribution in [2.75, 3.05) is 13.2 Å². The lowest BCUT2D eigenvalue weighted by atomic mass is 9.97. The first-order chi connectivity index (χ1) is 13.7. The number of nitrogens with zero attached hydrogens (tertiary/aromatic N) is 1. The maximum absolute atomic E-state index is 13.5. The van der Waals surface area contributed by atoms with Crippen LogP contribution in [0, 0.1) is 5.92 Å². The molecule has 168 valence electrons. The van der Waals surface area contributed by atoms with Crippen LogP contribution in [0.15, 0.2) is 35.2 Å². The molecule has 0 spiro atoms. The maximum atomic E-state index is 13.5. The van der Waals surface area contributed by atoms with E-state index in [1.807, 2.05) is 13.8 Å². The van der Waals surface area contributed by atoms with Gasteiger partial charge in [0.15, 0.2) is 18.2 Å². The summed E-state index contributed by atoms with van der Waals surface area (Å²) in [7, 11) is -5.78. The lowest BCUT2D eigenvalue weighted by Gasteiger charge is -2.36. The molecule has 1 aromatic carbocycles. The van der Waals surface area contributed by atoms with E-state index in [0.29, 0.717) is 19.6 Å². The van der Waals surface area contributed by atoms with Gasteiger partial charge in [0.2, 0.25) is 5.91 Å². The molecule has 1 amide bonds. The van der Waals surface area contributed by atoms with Crippen molar-refractivity contribution in [1.82, 2.24) is 4.90 Å². The molecule has 0 bridgehead atoms. The SMILES string of the molecule is CC1(C)OC[C@@H]2[C@@H](CCO[Si](C)(C)C(C)(C)C)[C@H](S(=O)(=O)c3ccccc3)C(=O)N21. The second kappa shape index (κ2) is 7.72. The van der Waals surface area contributed by atoms with Crippen molar-refractivity contribution in [3.05, 3.63) is 30.3 Å². The fourth-order valence-corrected chi connectivity index (χ4v) is 7.28. The van der Waals surface area contributed by atoms with Crippen LogP contribution >= 0.6 is 0 Å². The largest absolute Gasteiger partial charge is 0.417 e. The molecule has 3 rings (SSSR count). The van der Waals surface area contributed by atoms with Gasteiger partial charge in [-0.05, 0) is 50.5 Å². The highest BCUT2D eigenvalue weighted by Gasteiger charge is 2.61. The molecule has 3 atom stereocenters. The Balaban J connectivity index is 1.91. The highest BCUT2D eigenvalue weighted by atomic mass is 32.2. The quantitative estimate of drug-likeness (QED) is 0.612. The van der Waals surface area contributed by atoms with Crippen molar-refractivity contribution in [3.8, 4) is 0 Å². The number of hydrogen-bond acceptors (Lipinski definition) is 5. The number of rotatable bonds is 6. The van der Waals surface area contributed by atoms with E-state index in [4.69, 9.17) is 9.16 Å². The Morgan fingerprint density at radius 3 is 2.37 bits per heavy atom. The zero-order valence-corrected chi connectivity index (χ0v) is 21.0. The Hall–Kier alpha value is -1.22. The Bertz CT molecular complexity index is 892. The molecule has 6 nitrogen and oxygen atoms in total. The van der Waals surface area contributed by atoms with Gasteiger partial charge in [0.25, 0.3) is 0 Å². The molecule has 8 heteroatoms. The zero-order chi connectivity index (χ0) is 22.5. The summed E-state index contributed by atoms with van der Waals surface area (Å²) in [6, 6.07) is 8.04. The summed E-state index contributed by atoms with van der Waals surface area (Å²) in [5.41, 5.74) is -0.804. The molecular formula is C22H35NO5SSi. The Kier molecular flexibility index (Phi) is 6.04. The average Bonchev–Trinajstić information content (AvgIpc) is 3.10. The van der Waals surface area contributed by atoms with E-state index in [9.17, 15) is 13.2 Å². The van der Waals surface area contributed by atoms with Gasteiger partial charge in [-0.25, -0.2) is 8.42 Å². The van der Waals surface area contributed by atoms with Crippen molar-refractivity contribution in [2.45, 2.75) is 81.1 Å². The minimum atomic E-state index is -3.81. The summed E-state index contributed by atoms with van der Waals surface area (Å²) in [4.78, 5) is 15.2. The third-order valence-corrected chi connectivity index (χ3v) is 13.7. The molecule has 0 saturated carbocycles. The predicted octanol–water partition coefficient (Wildman–Crippen LogP) is 3.83. The monoisotopic (exact) mass is 453 g/mol. The topological polar surface area (TPSA) is 72.9 Å². The molecule has 30 heavy (non-hydrogen) atoms. The van der Waals surface area contributed by atoms with Crippen LogP contribution in [-0.4, -0.2) is 57.8 Å². The van der Waals surface area contributed by atoms with Gasteiger partial charge < -0.3 is 14.1 Å². The zero-order valence-electron chi connectivity index (χ0n) is 19.1. The van der Waals surface area contributed by atoms with E-state index in [1.54, 1.807) is 35.2 Å². The first-order valence-corrected chi connectivity index (χ1v) is 15.1. The smallest absolute Gasteiger partial charge is 0.244 e. The predicted molar refractivity (Wildman–Crippen MR) is 119 cm³/mol. The van der Waals surface area contributed by atoms with E-state index in [-0.39, 0.29) is 27.8 Å². The van der Waals surface area contributed by atoms with Crippen LogP contribution in [0.4, 0.5) is 0 Å². The van der Waals surface area contributed by atoms with Crippen molar-refractivity contribution in [3.63, 3.8) is 0 Å². The molecule has 2 aliphatic heterocycles. The molecule has 2 aliphatic rings. The van der Waals surface area contributed by atoms with E-state index in [2.05, 4.69) is 33.9 Å². The number of sulfone groups is 1. The summed E-state index contributed by atoms with van der Waals surface area (Å²) in [6.07, 6.45) is 0.510. The fraction of sp³-hybridized carbons (Fsp3) is 0.682. The van der Waals surface area contributed by atoms with Crippen LogP contribution in [0.1, 0.15) is 41.0 Å². The first kappa shape index (κ1) is 23.4. The molecular weight excluding hydrogens is 418 g/mol. The molecule has 0 aliphatic carbocycles. The molecule has 2 fully saturated rings. The van der Waals surface area contributed by atoms with Crippen LogP contribution in [0.2, 0.25) is 18.1 Å². The summed E-state index contributed by atoms with van der Waals surface area (Å²) in [6.45, 7) is 15.3. The first-order valence-electron chi connectivity index (χ1n) is 10.6. The number of fused-ring (bicyclic) bond motifs is 1. The van der Waals surface area contributed by atoms with Crippen molar-refractivity contribution >= 4 is 24.1 Å². The summed E-state index contributed by atoms with van der Waals surface area (Å²) >= 11 is 0. The summed E-state index contributed by atoms with van der Waals surface area (Å²) in [5, 5.41) is -1.03. The van der Waals surface area contributed by atoms with E-state index in [1.165, 1.54) is 0 Å². The second-order valence-electron chi connectivity index (χ2n) is 10.4. The van der Waals surface area contributed by atoms with Gasteiger partial charge in [0.05, 0.1) is 17.5 Å². The van der Waals surface area contributed by atoms with Gasteiger partial charge in [-0.1, -0.05) is 39.0 Å². The van der Waals surface area contributed by atoms with Gasteiger partial charge in [0, 0.05) is 12.5 Å². The highest BCUT2D eigenvalue weighted by molar-refractivity contribution is 7.92. The third-order valence-electron chi connectivity index (χ3n) is 7.01. The van der Waals surface area contributed by atoms with Gasteiger partial charge in [0.1, 0.15) is 11.0 Å². The Morgan fingerprint density at radius 2 is 1.80 bits per heavy atom. The molecule has 0 N–H and O–H groups in total. The lowest BCUT2D eigenvalue weighted by Crippen LogP contribution is -2.46. The molecule has 1 aromatic rings. The summed E-state index contributed by atoms with van der Waals surface area (Å²) < 4.78 is 39.2. The number of hydrogen-bond donors (Lipinski definition) is 0. The standard InChI is InChI=1S/C22H35NO5SSi/c1-21(2,3)30(6,7)28-14-13-17-18-15-27-22(4,5)23(18)20(24)19(17)29(25,26)16-11-9-8-10-12-16/h8-12,17-19H,13-15H2,1-7H3/t17-,18-,19+/m1/s1. The van der Waals surface area contributed by atoms with Gasteiger partial charge in [-0.3, -0.25) is 4.79 Å². The summed E-state index contributed by atoms with van der Waals surface area (Å²) in [5.74, 6) is -0.724. The van der Waals surface area contributed by atoms with E-state index < -0.39 is 29.1 Å². The minimum absolute atomic E-state index is 0.0680. The van der Waals surface area contributed by atoms with Crippen molar-refractivity contribution < 1.29 is 22.4 Å². The Labute approximate surface area is 182 Å².